The molecule has 11 heteroatoms. The number of carbonyl (C=O) groups excluding carboxylic acids is 3. The highest BCUT2D eigenvalue weighted by atomic mass is 32.1. The van der Waals surface area contributed by atoms with Crippen LogP contribution in [0.15, 0.2) is 63.7 Å². The van der Waals surface area contributed by atoms with Crippen LogP contribution in [0.1, 0.15) is 39.8 Å². The summed E-state index contributed by atoms with van der Waals surface area (Å²) in [5.74, 6) is -0.505. The SMILES string of the molecule is CCOC(=O)C1=C(COC(=O)c2cccc(OCc3csc(C)n3)c2)NC(=O)NC1c1ccco1. The number of nitrogens with zero attached hydrogens (tertiary/aromatic N) is 1. The monoisotopic (exact) mass is 497 g/mol. The molecule has 0 bridgehead atoms. The van der Waals surface area contributed by atoms with Gasteiger partial charge in [0.25, 0.3) is 0 Å². The van der Waals surface area contributed by atoms with Crippen LogP contribution in [0, 0.1) is 6.92 Å². The van der Waals surface area contributed by atoms with Crippen molar-refractivity contribution in [3.8, 4) is 5.75 Å². The van der Waals surface area contributed by atoms with Crippen LogP contribution < -0.4 is 15.4 Å². The topological polar surface area (TPSA) is 129 Å². The van der Waals surface area contributed by atoms with Gasteiger partial charge >= 0.3 is 18.0 Å². The first-order chi connectivity index (χ1) is 16.9. The lowest BCUT2D eigenvalue weighted by Gasteiger charge is -2.27. The van der Waals surface area contributed by atoms with Crippen molar-refractivity contribution in [2.24, 2.45) is 0 Å². The molecule has 0 saturated carbocycles. The van der Waals surface area contributed by atoms with E-state index < -0.39 is 24.0 Å². The number of hydrogen-bond acceptors (Lipinski definition) is 9. The smallest absolute Gasteiger partial charge is 0.338 e. The second kappa shape index (κ2) is 10.9. The van der Waals surface area contributed by atoms with Crippen molar-refractivity contribution in [3.63, 3.8) is 0 Å². The van der Waals surface area contributed by atoms with Gasteiger partial charge in [0.2, 0.25) is 0 Å². The van der Waals surface area contributed by atoms with Gasteiger partial charge < -0.3 is 29.3 Å². The molecule has 0 aliphatic carbocycles. The number of aromatic nitrogens is 1. The van der Waals surface area contributed by atoms with Crippen LogP contribution in [-0.2, 0) is 20.9 Å². The van der Waals surface area contributed by atoms with Crippen molar-refractivity contribution in [3.05, 3.63) is 81.3 Å². The minimum absolute atomic E-state index is 0.0878. The molecule has 2 amide bonds. The molecule has 1 atom stereocenters. The maximum atomic E-state index is 12.7. The molecule has 0 fully saturated rings. The van der Waals surface area contributed by atoms with E-state index in [2.05, 4.69) is 15.6 Å². The van der Waals surface area contributed by atoms with Crippen LogP contribution in [0.5, 0.6) is 5.75 Å². The van der Waals surface area contributed by atoms with Gasteiger partial charge in [0.1, 0.15) is 30.8 Å². The Morgan fingerprint density at radius 2 is 2.00 bits per heavy atom. The molecule has 0 saturated heterocycles. The zero-order valence-corrected chi connectivity index (χ0v) is 19.8. The summed E-state index contributed by atoms with van der Waals surface area (Å²) in [6.07, 6.45) is 1.43. The first-order valence-corrected chi connectivity index (χ1v) is 11.6. The number of urea groups is 1. The minimum atomic E-state index is -0.891. The van der Waals surface area contributed by atoms with Crippen LogP contribution in [-0.4, -0.2) is 36.2 Å². The zero-order valence-electron chi connectivity index (χ0n) is 19.0. The van der Waals surface area contributed by atoms with Crippen LogP contribution in [0.3, 0.4) is 0 Å². The fraction of sp³-hybridized carbons (Fsp3) is 0.250. The van der Waals surface area contributed by atoms with Gasteiger partial charge in [0.05, 0.1) is 40.4 Å². The van der Waals surface area contributed by atoms with Crippen LogP contribution in [0.25, 0.3) is 0 Å². The van der Waals surface area contributed by atoms with Crippen LogP contribution in [0.4, 0.5) is 4.79 Å². The maximum absolute atomic E-state index is 12.7. The summed E-state index contributed by atoms with van der Waals surface area (Å²) in [5.41, 5.74) is 1.24. The Balaban J connectivity index is 1.49. The second-order valence-corrected chi connectivity index (χ2v) is 8.47. The number of rotatable bonds is 9. The third-order valence-corrected chi connectivity index (χ3v) is 5.77. The molecule has 1 aliphatic heterocycles. The van der Waals surface area contributed by atoms with E-state index in [9.17, 15) is 14.4 Å². The van der Waals surface area contributed by atoms with Gasteiger partial charge in [-0.1, -0.05) is 6.07 Å². The largest absolute Gasteiger partial charge is 0.487 e. The Morgan fingerprint density at radius 3 is 2.71 bits per heavy atom. The summed E-state index contributed by atoms with van der Waals surface area (Å²) in [4.78, 5) is 42.0. The predicted molar refractivity (Wildman–Crippen MR) is 125 cm³/mol. The Kier molecular flexibility index (Phi) is 7.46. The van der Waals surface area contributed by atoms with E-state index in [-0.39, 0.29) is 36.7 Å². The normalized spacial score (nSPS) is 15.3. The molecule has 1 aliphatic rings. The number of amides is 2. The summed E-state index contributed by atoms with van der Waals surface area (Å²) in [6, 6.07) is 8.31. The Hall–Kier alpha value is -4.12. The number of carbonyl (C=O) groups is 3. The van der Waals surface area contributed by atoms with Crippen molar-refractivity contribution >= 4 is 29.3 Å². The van der Waals surface area contributed by atoms with E-state index in [1.54, 1.807) is 43.3 Å². The summed E-state index contributed by atoms with van der Waals surface area (Å²) >= 11 is 1.53. The van der Waals surface area contributed by atoms with Gasteiger partial charge in [-0.2, -0.15) is 0 Å². The van der Waals surface area contributed by atoms with Gasteiger partial charge in [-0.05, 0) is 44.2 Å². The molecule has 1 aromatic carbocycles. The lowest BCUT2D eigenvalue weighted by Crippen LogP contribution is -2.47. The first-order valence-electron chi connectivity index (χ1n) is 10.8. The predicted octanol–water partition coefficient (Wildman–Crippen LogP) is 3.65. The highest BCUT2D eigenvalue weighted by molar-refractivity contribution is 7.09. The molecule has 1 unspecified atom stereocenters. The molecule has 0 spiro atoms. The van der Waals surface area contributed by atoms with Crippen LogP contribution >= 0.6 is 11.3 Å². The number of furan rings is 1. The first kappa shape index (κ1) is 24.0. The number of benzene rings is 1. The van der Waals surface area contributed by atoms with Crippen molar-refractivity contribution in [1.29, 1.82) is 0 Å². The van der Waals surface area contributed by atoms with Crippen molar-refractivity contribution < 1.29 is 33.0 Å². The second-order valence-electron chi connectivity index (χ2n) is 7.41. The maximum Gasteiger partial charge on any atom is 0.338 e. The standard InChI is InChI=1S/C24H23N3O7S/c1-3-31-23(29)20-18(26-24(30)27-21(20)19-8-5-9-32-19)12-34-22(28)15-6-4-7-17(10-15)33-11-16-13-35-14(2)25-16/h4-10,13,21H,3,11-12H2,1-2H3,(H2,26,27,30). The molecular formula is C24H23N3O7S. The number of thiazole rings is 1. The molecular weight excluding hydrogens is 474 g/mol. The lowest BCUT2D eigenvalue weighted by atomic mass is 10.0. The molecule has 2 N–H and O–H groups in total. The number of esters is 2. The molecule has 0 radical (unpaired) electrons. The molecule has 4 rings (SSSR count). The van der Waals surface area contributed by atoms with Crippen LogP contribution in [0.2, 0.25) is 0 Å². The fourth-order valence-electron chi connectivity index (χ4n) is 3.42. The van der Waals surface area contributed by atoms with Gasteiger partial charge in [-0.25, -0.2) is 19.4 Å². The van der Waals surface area contributed by atoms with E-state index in [0.29, 0.717) is 11.5 Å². The Labute approximate surface area is 204 Å². The zero-order chi connectivity index (χ0) is 24.8. The highest BCUT2D eigenvalue weighted by Crippen LogP contribution is 2.28. The molecule has 10 nitrogen and oxygen atoms in total. The van der Waals surface area contributed by atoms with Gasteiger partial charge in [-0.15, -0.1) is 11.3 Å². The third-order valence-electron chi connectivity index (χ3n) is 4.95. The summed E-state index contributed by atoms with van der Waals surface area (Å²) < 4.78 is 21.7. The summed E-state index contributed by atoms with van der Waals surface area (Å²) in [5, 5.41) is 8.02. The summed E-state index contributed by atoms with van der Waals surface area (Å²) in [7, 11) is 0. The fourth-order valence-corrected chi connectivity index (χ4v) is 4.01. The minimum Gasteiger partial charge on any atom is -0.487 e. The average molecular weight is 498 g/mol. The molecule has 35 heavy (non-hydrogen) atoms. The molecule has 2 aromatic heterocycles. The van der Waals surface area contributed by atoms with E-state index in [1.807, 2.05) is 12.3 Å². The Bertz CT molecular complexity index is 1250. The number of hydrogen-bond donors (Lipinski definition) is 2. The Morgan fingerprint density at radius 1 is 1.14 bits per heavy atom. The number of aryl methyl sites for hydroxylation is 1. The van der Waals surface area contributed by atoms with Gasteiger partial charge in [0.15, 0.2) is 0 Å². The highest BCUT2D eigenvalue weighted by Gasteiger charge is 2.35. The molecule has 3 heterocycles. The third kappa shape index (κ3) is 5.87. The molecule has 182 valence electrons. The molecule has 3 aromatic rings. The van der Waals surface area contributed by atoms with E-state index >= 15 is 0 Å². The average Bonchev–Trinajstić information content (AvgIpc) is 3.53. The van der Waals surface area contributed by atoms with E-state index in [0.717, 1.165) is 10.7 Å². The van der Waals surface area contributed by atoms with Gasteiger partial charge in [0, 0.05) is 5.38 Å². The quantitative estimate of drug-likeness (QED) is 0.429. The van der Waals surface area contributed by atoms with Crippen molar-refractivity contribution in [1.82, 2.24) is 15.6 Å². The van der Waals surface area contributed by atoms with Gasteiger partial charge in [-0.3, -0.25) is 0 Å². The van der Waals surface area contributed by atoms with E-state index in [1.165, 1.54) is 17.6 Å². The number of ether oxygens (including phenoxy) is 3. The number of nitrogens with one attached hydrogen (secondary N) is 2. The van der Waals surface area contributed by atoms with E-state index in [4.69, 9.17) is 18.6 Å². The van der Waals surface area contributed by atoms with Crippen molar-refractivity contribution in [2.75, 3.05) is 13.2 Å². The lowest BCUT2D eigenvalue weighted by molar-refractivity contribution is -0.139. The summed E-state index contributed by atoms with van der Waals surface area (Å²) in [6.45, 7) is 3.61. The van der Waals surface area contributed by atoms with Crippen molar-refractivity contribution in [2.45, 2.75) is 26.5 Å².